The quantitative estimate of drug-likeness (QED) is 0.325. The van der Waals surface area contributed by atoms with Gasteiger partial charge in [0.05, 0.1) is 17.7 Å². The lowest BCUT2D eigenvalue weighted by Crippen LogP contribution is -2.32. The Kier molecular flexibility index (Phi) is 7.74. The summed E-state index contributed by atoms with van der Waals surface area (Å²) in [5.74, 6) is -0.711. The summed E-state index contributed by atoms with van der Waals surface area (Å²) in [6.45, 7) is 5.09. The van der Waals surface area contributed by atoms with Crippen LogP contribution in [0.4, 0.5) is 0 Å². The van der Waals surface area contributed by atoms with Crippen molar-refractivity contribution in [2.75, 3.05) is 27.2 Å². The summed E-state index contributed by atoms with van der Waals surface area (Å²) in [4.78, 5) is 29.6. The third-order valence-corrected chi connectivity index (χ3v) is 5.76. The fraction of sp³-hybridized carbons (Fsp3) is 0.360. The van der Waals surface area contributed by atoms with Crippen LogP contribution in [0.25, 0.3) is 5.76 Å². The van der Waals surface area contributed by atoms with Gasteiger partial charge in [0.25, 0.3) is 11.7 Å². The predicted octanol–water partition coefficient (Wildman–Crippen LogP) is 4.61. The highest BCUT2D eigenvalue weighted by Crippen LogP contribution is 2.40. The van der Waals surface area contributed by atoms with Gasteiger partial charge in [-0.2, -0.15) is 0 Å². The number of halogens is 1. The van der Waals surface area contributed by atoms with Crippen LogP contribution in [0, 0.1) is 0 Å². The highest BCUT2D eigenvalue weighted by atomic mass is 79.9. The maximum Gasteiger partial charge on any atom is 0.295 e. The molecule has 170 valence electrons. The largest absolute Gasteiger partial charge is 0.507 e. The lowest BCUT2D eigenvalue weighted by Gasteiger charge is -2.26. The normalized spacial score (nSPS) is 18.1. The number of carbonyl (C=O) groups is 2. The first kappa shape index (κ1) is 24.0. The van der Waals surface area contributed by atoms with Crippen molar-refractivity contribution in [2.24, 2.45) is 0 Å². The minimum Gasteiger partial charge on any atom is -0.507 e. The molecule has 1 N–H and O–H groups in total. The van der Waals surface area contributed by atoms with Crippen molar-refractivity contribution in [2.45, 2.75) is 32.4 Å². The zero-order chi connectivity index (χ0) is 23.4. The topological polar surface area (TPSA) is 70.1 Å². The molecule has 6 nitrogen and oxygen atoms in total. The van der Waals surface area contributed by atoms with E-state index >= 15 is 0 Å². The number of amides is 1. The Bertz CT molecular complexity index is 998. The summed E-state index contributed by atoms with van der Waals surface area (Å²) in [6.07, 6.45) is 0.749. The van der Waals surface area contributed by atoms with E-state index in [2.05, 4.69) is 15.9 Å². The molecule has 7 heteroatoms. The smallest absolute Gasteiger partial charge is 0.295 e. The molecule has 32 heavy (non-hydrogen) atoms. The predicted molar refractivity (Wildman–Crippen MR) is 129 cm³/mol. The van der Waals surface area contributed by atoms with E-state index in [-0.39, 0.29) is 17.4 Å². The first-order chi connectivity index (χ1) is 15.2. The second kappa shape index (κ2) is 10.3. The van der Waals surface area contributed by atoms with E-state index in [9.17, 15) is 14.7 Å². The number of rotatable bonds is 8. The molecule has 1 aliphatic heterocycles. The summed E-state index contributed by atoms with van der Waals surface area (Å²) in [6, 6.07) is 13.7. The number of aliphatic hydroxyl groups excluding tert-OH is 1. The summed E-state index contributed by atoms with van der Waals surface area (Å²) in [7, 11) is 3.93. The molecule has 1 heterocycles. The Hall–Kier alpha value is -2.64. The highest BCUT2D eigenvalue weighted by Gasteiger charge is 2.45. The monoisotopic (exact) mass is 500 g/mol. The van der Waals surface area contributed by atoms with Gasteiger partial charge in [-0.15, -0.1) is 0 Å². The lowest BCUT2D eigenvalue weighted by atomic mass is 9.95. The van der Waals surface area contributed by atoms with Crippen LogP contribution in [0.3, 0.4) is 0 Å². The van der Waals surface area contributed by atoms with E-state index < -0.39 is 17.7 Å². The SMILES string of the molecule is CC(C)Oc1ccc([C@H]2/C(=C(\O)c3ccc(Br)cc3)C(=O)C(=O)N2CCCN(C)C)cc1. The van der Waals surface area contributed by atoms with Crippen LogP contribution in [-0.2, 0) is 9.59 Å². The summed E-state index contributed by atoms with van der Waals surface area (Å²) >= 11 is 3.38. The summed E-state index contributed by atoms with van der Waals surface area (Å²) < 4.78 is 6.59. The maximum atomic E-state index is 13.0. The van der Waals surface area contributed by atoms with Crippen LogP contribution >= 0.6 is 15.9 Å². The van der Waals surface area contributed by atoms with Gasteiger partial charge >= 0.3 is 0 Å². The number of likely N-dealkylation sites (tertiary alicyclic amines) is 1. The number of carbonyl (C=O) groups excluding carboxylic acids is 2. The minimum atomic E-state index is -0.664. The van der Waals surface area contributed by atoms with Gasteiger partial charge in [-0.05, 0) is 70.7 Å². The van der Waals surface area contributed by atoms with Gasteiger partial charge in [0.15, 0.2) is 0 Å². The number of ketones is 1. The molecule has 2 aromatic carbocycles. The number of nitrogens with zero attached hydrogens (tertiary/aromatic N) is 2. The molecule has 0 bridgehead atoms. The van der Waals surface area contributed by atoms with E-state index in [0.717, 1.165) is 16.6 Å². The van der Waals surface area contributed by atoms with E-state index in [0.29, 0.717) is 24.3 Å². The van der Waals surface area contributed by atoms with Crippen LogP contribution in [0.5, 0.6) is 5.75 Å². The number of ether oxygens (including phenoxy) is 1. The number of hydrogen-bond donors (Lipinski definition) is 1. The molecule has 0 aromatic heterocycles. The van der Waals surface area contributed by atoms with Crippen molar-refractivity contribution in [3.8, 4) is 5.75 Å². The van der Waals surface area contributed by atoms with Gasteiger partial charge < -0.3 is 19.6 Å². The molecule has 0 saturated carbocycles. The van der Waals surface area contributed by atoms with Crippen LogP contribution in [0.1, 0.15) is 37.4 Å². The Labute approximate surface area is 197 Å². The molecule has 0 spiro atoms. The van der Waals surface area contributed by atoms with Gasteiger partial charge in [-0.3, -0.25) is 9.59 Å². The molecule has 1 saturated heterocycles. The van der Waals surface area contributed by atoms with Crippen molar-refractivity contribution in [3.63, 3.8) is 0 Å². The molecule has 1 amide bonds. The van der Waals surface area contributed by atoms with Crippen LogP contribution in [-0.4, -0.2) is 59.9 Å². The van der Waals surface area contributed by atoms with Crippen molar-refractivity contribution >= 4 is 33.4 Å². The van der Waals surface area contributed by atoms with Crippen molar-refractivity contribution < 1.29 is 19.4 Å². The molecule has 3 rings (SSSR count). The summed E-state index contributed by atoms with van der Waals surface area (Å²) in [5.41, 5.74) is 1.35. The standard InChI is InChI=1S/C25H29BrN2O4/c1-16(2)32-20-12-8-17(9-13-20)22-21(23(29)18-6-10-19(26)11-7-18)24(30)25(31)28(22)15-5-14-27(3)4/h6-13,16,22,29H,5,14-15H2,1-4H3/b23-21+/t22-/m0/s1. The first-order valence-corrected chi connectivity index (χ1v) is 11.4. The van der Waals surface area contributed by atoms with E-state index in [1.807, 2.05) is 57.1 Å². The average Bonchev–Trinajstić information content (AvgIpc) is 2.99. The van der Waals surface area contributed by atoms with Crippen LogP contribution in [0.2, 0.25) is 0 Å². The minimum absolute atomic E-state index is 0.0370. The second-order valence-corrected chi connectivity index (χ2v) is 9.31. The number of benzene rings is 2. The van der Waals surface area contributed by atoms with Crippen LogP contribution < -0.4 is 4.74 Å². The zero-order valence-corrected chi connectivity index (χ0v) is 20.4. The Balaban J connectivity index is 2.05. The molecule has 1 aliphatic rings. The average molecular weight is 501 g/mol. The van der Waals surface area contributed by atoms with Crippen molar-refractivity contribution in [1.82, 2.24) is 9.80 Å². The molecule has 2 aromatic rings. The molecule has 0 radical (unpaired) electrons. The van der Waals surface area contributed by atoms with Crippen LogP contribution in [0.15, 0.2) is 58.6 Å². The number of aliphatic hydroxyl groups is 1. The number of hydrogen-bond acceptors (Lipinski definition) is 5. The first-order valence-electron chi connectivity index (χ1n) is 10.6. The van der Waals surface area contributed by atoms with E-state index in [1.165, 1.54) is 0 Å². The van der Waals surface area contributed by atoms with Gasteiger partial charge in [0, 0.05) is 16.6 Å². The lowest BCUT2D eigenvalue weighted by molar-refractivity contribution is -0.139. The van der Waals surface area contributed by atoms with Gasteiger partial charge in [-0.25, -0.2) is 0 Å². The Morgan fingerprint density at radius 3 is 2.28 bits per heavy atom. The van der Waals surface area contributed by atoms with Gasteiger partial charge in [0.2, 0.25) is 0 Å². The third-order valence-electron chi connectivity index (χ3n) is 5.23. The molecule has 1 atom stereocenters. The molecule has 1 fully saturated rings. The fourth-order valence-corrected chi connectivity index (χ4v) is 4.04. The molecular formula is C25H29BrN2O4. The Morgan fingerprint density at radius 2 is 1.72 bits per heavy atom. The third kappa shape index (κ3) is 5.40. The fourth-order valence-electron chi connectivity index (χ4n) is 3.78. The highest BCUT2D eigenvalue weighted by molar-refractivity contribution is 9.10. The number of Topliss-reactive ketones (excluding diaryl/α,β-unsaturated/α-hetero) is 1. The van der Waals surface area contributed by atoms with Crippen molar-refractivity contribution in [1.29, 1.82) is 0 Å². The zero-order valence-electron chi connectivity index (χ0n) is 18.8. The second-order valence-electron chi connectivity index (χ2n) is 8.39. The van der Waals surface area contributed by atoms with E-state index in [4.69, 9.17) is 4.74 Å². The van der Waals surface area contributed by atoms with E-state index in [1.54, 1.807) is 29.2 Å². The van der Waals surface area contributed by atoms with Crippen molar-refractivity contribution in [3.05, 3.63) is 69.7 Å². The molecular weight excluding hydrogens is 472 g/mol. The van der Waals surface area contributed by atoms with Gasteiger partial charge in [-0.1, -0.05) is 40.2 Å². The molecule has 0 unspecified atom stereocenters. The van der Waals surface area contributed by atoms with Gasteiger partial charge in [0.1, 0.15) is 11.5 Å². The maximum absolute atomic E-state index is 13.0. The Morgan fingerprint density at radius 1 is 1.09 bits per heavy atom. The molecule has 0 aliphatic carbocycles. The summed E-state index contributed by atoms with van der Waals surface area (Å²) in [5, 5.41) is 11.1.